The molecule has 5 heteroatoms. The molecule has 0 saturated carbocycles. The molecule has 9 heavy (non-hydrogen) atoms. The van der Waals surface area contributed by atoms with E-state index in [0.29, 0.717) is 15.9 Å². The molecular weight excluding hydrogens is 160 g/mol. The molecule has 0 bridgehead atoms. The number of hydrogen-bond donors (Lipinski definition) is 1. The maximum atomic E-state index is 9.80. The van der Waals surface area contributed by atoms with Gasteiger partial charge in [-0.1, -0.05) is 22.9 Å². The zero-order chi connectivity index (χ0) is 6.69. The first-order chi connectivity index (χ1) is 4.33. The van der Waals surface area contributed by atoms with Crippen LogP contribution in [0.5, 0.6) is 0 Å². The fourth-order valence-corrected chi connectivity index (χ4v) is 1.14. The first-order valence-corrected chi connectivity index (χ1v) is 3.34. The number of carbonyl (C=O) groups excluding carboxylic acids is 1. The lowest BCUT2D eigenvalue weighted by Crippen LogP contribution is -1.90. The lowest BCUT2D eigenvalue weighted by Gasteiger charge is -1.83. The number of amides is 1. The molecule has 0 atom stereocenters. The molecule has 1 N–H and O–H groups in total. The first-order valence-electron chi connectivity index (χ1n) is 2.14. The van der Waals surface area contributed by atoms with E-state index in [4.69, 9.17) is 11.6 Å². The summed E-state index contributed by atoms with van der Waals surface area (Å²) in [5, 5.41) is 2.89. The highest BCUT2D eigenvalue weighted by molar-refractivity contribution is 7.19. The van der Waals surface area contributed by atoms with Gasteiger partial charge in [-0.25, -0.2) is 4.98 Å². The SMILES string of the molecule is O=CNc1ncc(Cl)s1. The Morgan fingerprint density at radius 1 is 1.89 bits per heavy atom. The molecule has 3 nitrogen and oxygen atoms in total. The Bertz CT molecular complexity index is 212. The molecule has 1 heterocycles. The Morgan fingerprint density at radius 2 is 2.67 bits per heavy atom. The number of anilines is 1. The van der Waals surface area contributed by atoms with Crippen molar-refractivity contribution in [3.05, 3.63) is 10.5 Å². The van der Waals surface area contributed by atoms with Gasteiger partial charge in [0.25, 0.3) is 0 Å². The van der Waals surface area contributed by atoms with Gasteiger partial charge in [-0.2, -0.15) is 0 Å². The van der Waals surface area contributed by atoms with Gasteiger partial charge in [0.15, 0.2) is 5.13 Å². The van der Waals surface area contributed by atoms with Crippen LogP contribution in [0.4, 0.5) is 5.13 Å². The van der Waals surface area contributed by atoms with Crippen molar-refractivity contribution in [2.45, 2.75) is 0 Å². The summed E-state index contributed by atoms with van der Waals surface area (Å²) in [7, 11) is 0. The summed E-state index contributed by atoms with van der Waals surface area (Å²) < 4.78 is 0.569. The quantitative estimate of drug-likeness (QED) is 0.668. The maximum absolute atomic E-state index is 9.80. The molecule has 48 valence electrons. The van der Waals surface area contributed by atoms with Crippen molar-refractivity contribution < 1.29 is 4.79 Å². The smallest absolute Gasteiger partial charge is 0.213 e. The summed E-state index contributed by atoms with van der Waals surface area (Å²) in [5.74, 6) is 0. The molecule has 0 saturated heterocycles. The summed E-state index contributed by atoms with van der Waals surface area (Å²) in [5.41, 5.74) is 0. The Balaban J connectivity index is 2.72. The van der Waals surface area contributed by atoms with Crippen molar-refractivity contribution >= 4 is 34.5 Å². The van der Waals surface area contributed by atoms with E-state index in [1.807, 2.05) is 0 Å². The van der Waals surface area contributed by atoms with Crippen molar-refractivity contribution in [3.8, 4) is 0 Å². The third-order valence-corrected chi connectivity index (χ3v) is 1.71. The van der Waals surface area contributed by atoms with E-state index in [1.165, 1.54) is 17.5 Å². The predicted octanol–water partition coefficient (Wildman–Crippen LogP) is 1.36. The number of aromatic nitrogens is 1. The van der Waals surface area contributed by atoms with Crippen LogP contribution in [0.3, 0.4) is 0 Å². The summed E-state index contributed by atoms with van der Waals surface area (Å²) >= 11 is 6.72. The molecule has 0 unspecified atom stereocenters. The standard InChI is InChI=1S/C4H3ClN2OS/c5-3-1-6-4(9-3)7-2-8/h1-2H,(H,6,7,8). The average Bonchev–Trinajstić information content (AvgIpc) is 2.17. The van der Waals surface area contributed by atoms with Crippen molar-refractivity contribution in [1.82, 2.24) is 4.98 Å². The van der Waals surface area contributed by atoms with Crippen LogP contribution in [-0.2, 0) is 4.79 Å². The van der Waals surface area contributed by atoms with E-state index in [2.05, 4.69) is 10.3 Å². The normalized spacial score (nSPS) is 9.00. The minimum absolute atomic E-state index is 0.523. The highest BCUT2D eigenvalue weighted by atomic mass is 35.5. The van der Waals surface area contributed by atoms with Crippen LogP contribution in [0.25, 0.3) is 0 Å². The second-order valence-corrected chi connectivity index (χ2v) is 2.89. The molecule has 1 amide bonds. The van der Waals surface area contributed by atoms with E-state index in [1.54, 1.807) is 0 Å². The van der Waals surface area contributed by atoms with Crippen molar-refractivity contribution in [2.75, 3.05) is 5.32 Å². The van der Waals surface area contributed by atoms with Crippen LogP contribution in [0.2, 0.25) is 4.34 Å². The molecular formula is C4H3ClN2OS. The Labute approximate surface area is 60.7 Å². The molecule has 1 rings (SSSR count). The highest BCUT2D eigenvalue weighted by Gasteiger charge is 1.94. The Morgan fingerprint density at radius 3 is 3.11 bits per heavy atom. The minimum atomic E-state index is 0.523. The fraction of sp³-hybridized carbons (Fsp3) is 0. The predicted molar refractivity (Wildman–Crippen MR) is 36.8 cm³/mol. The topological polar surface area (TPSA) is 42.0 Å². The third kappa shape index (κ3) is 1.65. The second-order valence-electron chi connectivity index (χ2n) is 1.23. The molecule has 1 aromatic rings. The van der Waals surface area contributed by atoms with Gasteiger partial charge in [0.05, 0.1) is 6.20 Å². The molecule has 1 aromatic heterocycles. The van der Waals surface area contributed by atoms with Crippen LogP contribution >= 0.6 is 22.9 Å². The van der Waals surface area contributed by atoms with Gasteiger partial charge in [0, 0.05) is 0 Å². The molecule has 0 aliphatic carbocycles. The van der Waals surface area contributed by atoms with Crippen molar-refractivity contribution in [1.29, 1.82) is 0 Å². The number of halogens is 1. The van der Waals surface area contributed by atoms with Crippen LogP contribution < -0.4 is 5.32 Å². The van der Waals surface area contributed by atoms with Crippen molar-refractivity contribution in [2.24, 2.45) is 0 Å². The minimum Gasteiger partial charge on any atom is -0.305 e. The number of nitrogens with zero attached hydrogens (tertiary/aromatic N) is 1. The van der Waals surface area contributed by atoms with Gasteiger partial charge in [0.1, 0.15) is 4.34 Å². The van der Waals surface area contributed by atoms with E-state index in [9.17, 15) is 4.79 Å². The van der Waals surface area contributed by atoms with Gasteiger partial charge in [0.2, 0.25) is 6.41 Å². The van der Waals surface area contributed by atoms with E-state index >= 15 is 0 Å². The van der Waals surface area contributed by atoms with Crippen LogP contribution in [0, 0.1) is 0 Å². The monoisotopic (exact) mass is 162 g/mol. The zero-order valence-electron chi connectivity index (χ0n) is 4.30. The number of rotatable bonds is 2. The maximum Gasteiger partial charge on any atom is 0.213 e. The average molecular weight is 163 g/mol. The van der Waals surface area contributed by atoms with E-state index in [0.717, 1.165) is 0 Å². The third-order valence-electron chi connectivity index (χ3n) is 0.660. The number of thiazole rings is 1. The first kappa shape index (κ1) is 6.51. The van der Waals surface area contributed by atoms with Gasteiger partial charge in [-0.3, -0.25) is 4.79 Å². The summed E-state index contributed by atoms with van der Waals surface area (Å²) in [6, 6.07) is 0. The van der Waals surface area contributed by atoms with Gasteiger partial charge in [-0.05, 0) is 0 Å². The largest absolute Gasteiger partial charge is 0.305 e. The number of hydrogen-bond acceptors (Lipinski definition) is 3. The van der Waals surface area contributed by atoms with Crippen molar-refractivity contribution in [3.63, 3.8) is 0 Å². The van der Waals surface area contributed by atoms with E-state index in [-0.39, 0.29) is 0 Å². The lowest BCUT2D eigenvalue weighted by molar-refractivity contribution is -0.105. The fourth-order valence-electron chi connectivity index (χ4n) is 0.372. The summed E-state index contributed by atoms with van der Waals surface area (Å²) in [6.45, 7) is 0. The van der Waals surface area contributed by atoms with Gasteiger partial charge >= 0.3 is 0 Å². The molecule has 0 spiro atoms. The Kier molecular flexibility index (Phi) is 2.02. The number of nitrogens with one attached hydrogen (secondary N) is 1. The summed E-state index contributed by atoms with van der Waals surface area (Å²) in [6.07, 6.45) is 2.05. The van der Waals surface area contributed by atoms with E-state index < -0.39 is 0 Å². The molecule has 0 fully saturated rings. The Hall–Kier alpha value is -0.610. The summed E-state index contributed by atoms with van der Waals surface area (Å²) in [4.78, 5) is 13.5. The van der Waals surface area contributed by atoms with Crippen LogP contribution in [-0.4, -0.2) is 11.4 Å². The highest BCUT2D eigenvalue weighted by Crippen LogP contribution is 2.21. The van der Waals surface area contributed by atoms with Crippen LogP contribution in [0.15, 0.2) is 6.20 Å². The van der Waals surface area contributed by atoms with Gasteiger partial charge in [-0.15, -0.1) is 0 Å². The number of carbonyl (C=O) groups is 1. The molecule has 0 radical (unpaired) electrons. The molecule has 0 aliphatic rings. The lowest BCUT2D eigenvalue weighted by atomic mass is 11.0. The van der Waals surface area contributed by atoms with Gasteiger partial charge < -0.3 is 5.32 Å². The molecule has 0 aromatic carbocycles. The second kappa shape index (κ2) is 2.80. The van der Waals surface area contributed by atoms with Crippen LogP contribution in [0.1, 0.15) is 0 Å². The zero-order valence-corrected chi connectivity index (χ0v) is 5.87. The molecule has 0 aliphatic heterocycles.